The molecule has 3 aliphatic heterocycles. The molecule has 8 rings (SSSR count). The number of anilines is 1. The first-order valence-corrected chi connectivity index (χ1v) is 33.3. The Labute approximate surface area is 494 Å². The van der Waals surface area contributed by atoms with E-state index in [-0.39, 0.29) is 127 Å². The van der Waals surface area contributed by atoms with E-state index in [9.17, 15) is 89.1 Å². The highest BCUT2D eigenvalue weighted by molar-refractivity contribution is 7.87. The minimum absolute atomic E-state index is 0.00617. The predicted octanol–water partition coefficient (Wildman–Crippen LogP) is 2.38. The molecule has 4 aromatic carbocycles. The summed E-state index contributed by atoms with van der Waals surface area (Å²) in [4.78, 5) is 54.4. The summed E-state index contributed by atoms with van der Waals surface area (Å²) in [5.41, 5.74) is -3.47. The second-order valence-electron chi connectivity index (χ2n) is 20.9. The monoisotopic (exact) mass is 1290 g/mol. The Kier molecular flexibility index (Phi) is 18.8. The van der Waals surface area contributed by atoms with Crippen molar-refractivity contribution >= 4 is 113 Å². The van der Waals surface area contributed by atoms with Crippen molar-refractivity contribution in [2.75, 3.05) is 77.1 Å². The van der Waals surface area contributed by atoms with Gasteiger partial charge < -0.3 is 56.6 Å². The lowest BCUT2D eigenvalue weighted by atomic mass is 9.74. The van der Waals surface area contributed by atoms with Gasteiger partial charge in [0.15, 0.2) is 5.71 Å². The molecule has 1 fully saturated rings. The maximum absolute atomic E-state index is 14.8. The zero-order valence-electron chi connectivity index (χ0n) is 46.2. The molecule has 1 saturated heterocycles. The van der Waals surface area contributed by atoms with Gasteiger partial charge in [-0.1, -0.05) is 6.07 Å². The summed E-state index contributed by atoms with van der Waals surface area (Å²) in [5.74, 6) is -5.06. The summed E-state index contributed by atoms with van der Waals surface area (Å²) in [7, 11) is -25.4. The van der Waals surface area contributed by atoms with Gasteiger partial charge in [0.05, 0.1) is 98.9 Å². The number of methoxy groups -OCH3 is 1. The number of benzene rings is 4. The fraction of sp³-hybridized carbons (Fsp3) is 0.415. The van der Waals surface area contributed by atoms with Gasteiger partial charge >= 0.3 is 5.97 Å². The van der Waals surface area contributed by atoms with Crippen molar-refractivity contribution in [3.63, 3.8) is 0 Å². The van der Waals surface area contributed by atoms with E-state index in [0.717, 1.165) is 12.1 Å². The second kappa shape index (κ2) is 24.6. The minimum atomic E-state index is -5.54. The van der Waals surface area contributed by atoms with E-state index in [1.807, 2.05) is 0 Å². The summed E-state index contributed by atoms with van der Waals surface area (Å²) in [6.45, 7) is 5.28. The second-order valence-corrected chi connectivity index (χ2v) is 27.9. The van der Waals surface area contributed by atoms with Crippen molar-refractivity contribution in [1.82, 2.24) is 5.06 Å². The van der Waals surface area contributed by atoms with E-state index in [2.05, 4.69) is 0 Å². The standard InChI is InChI=1S/C53H59N3O25S5/c1-52(2)43(54(15-5-7-47(59)81-56-45(57)12-13-46(56)58)39-10-8-33-35(48(39)52)25-31(83(65,66)67)27-41(33)85(71,72)73)29-37-50(60)38(51(37)61)30-44-53(3,14-6-24-82(62,63)64)49-36-26-32(84(68,69)70)28-42(86(74,75)76)34(36)9-11-40(49)55(44)16-17-78-20-21-80-23-22-79-19-18-77-4/h8-11,25-30H,5-7,12-24H2,1-4H3,(H5-,60,61,62,63,64,65,66,67,68,69,70,71,72,73,74,75,76)/p-4. The number of aliphatic hydroxyl groups is 1. The molecule has 33 heteroatoms. The third-order valence-corrected chi connectivity index (χ3v) is 19.2. The van der Waals surface area contributed by atoms with Gasteiger partial charge in [0.25, 0.3) is 11.8 Å². The number of ketones is 1. The number of aliphatic hydroxyl groups excluding tert-OH is 1. The van der Waals surface area contributed by atoms with Crippen molar-refractivity contribution in [1.29, 1.82) is 0 Å². The number of hydroxylamine groups is 2. The fourth-order valence-corrected chi connectivity index (χ4v) is 14.2. The van der Waals surface area contributed by atoms with E-state index >= 15 is 0 Å². The van der Waals surface area contributed by atoms with Gasteiger partial charge in [0, 0.05) is 78.6 Å². The normalized spacial score (nSPS) is 19.2. The number of fused-ring (bicyclic) bond motifs is 6. The molecule has 4 aliphatic rings. The van der Waals surface area contributed by atoms with Crippen LogP contribution in [-0.4, -0.2) is 181 Å². The number of amides is 2. The van der Waals surface area contributed by atoms with Crippen LogP contribution in [0.3, 0.4) is 0 Å². The van der Waals surface area contributed by atoms with Gasteiger partial charge in [-0.15, -0.1) is 5.06 Å². The highest BCUT2D eigenvalue weighted by Crippen LogP contribution is 2.55. The van der Waals surface area contributed by atoms with Crippen LogP contribution in [-0.2, 0) is 104 Å². The smallest absolute Gasteiger partial charge is 0.333 e. The van der Waals surface area contributed by atoms with Crippen LogP contribution in [0.25, 0.3) is 21.5 Å². The van der Waals surface area contributed by atoms with Crippen molar-refractivity contribution in [3.05, 3.63) is 94.4 Å². The molecule has 4 aromatic rings. The zero-order valence-corrected chi connectivity index (χ0v) is 50.3. The maximum atomic E-state index is 14.8. The highest BCUT2D eigenvalue weighted by atomic mass is 32.2. The van der Waals surface area contributed by atoms with Crippen molar-refractivity contribution in [2.24, 2.45) is 0 Å². The molecular weight excluding hydrogens is 1240 g/mol. The number of hydrogen-bond donors (Lipinski definition) is 1. The summed E-state index contributed by atoms with van der Waals surface area (Å²) in [6.07, 6.45) is 0.695. The average molecular weight is 1290 g/mol. The first-order valence-electron chi connectivity index (χ1n) is 26.1. The molecule has 466 valence electrons. The maximum Gasteiger partial charge on any atom is 0.333 e. The van der Waals surface area contributed by atoms with E-state index < -0.39 is 140 Å². The molecule has 0 bridgehead atoms. The Morgan fingerprint density at radius 1 is 0.663 bits per heavy atom. The van der Waals surface area contributed by atoms with Crippen LogP contribution in [0, 0.1) is 0 Å². The average Bonchev–Trinajstić information content (AvgIpc) is 1.57. The third kappa shape index (κ3) is 13.5. The van der Waals surface area contributed by atoms with Crippen LogP contribution in [0.15, 0.2) is 103 Å². The molecular formula is C53H55N3O25S5-4. The van der Waals surface area contributed by atoms with E-state index in [1.54, 1.807) is 13.8 Å². The van der Waals surface area contributed by atoms with Crippen LogP contribution < -0.4 is 4.90 Å². The van der Waals surface area contributed by atoms with E-state index in [0.29, 0.717) is 30.4 Å². The van der Waals surface area contributed by atoms with Gasteiger partial charge in [-0.2, -0.15) is 4.58 Å². The summed E-state index contributed by atoms with van der Waals surface area (Å²) >= 11 is 0. The molecule has 0 radical (unpaired) electrons. The molecule has 3 heterocycles. The molecule has 1 atom stereocenters. The molecule has 0 spiro atoms. The topological polar surface area (TPSA) is 430 Å². The number of ether oxygens (including phenoxy) is 4. The number of carbonyl (C=O) groups is 4. The lowest BCUT2D eigenvalue weighted by Crippen LogP contribution is -2.34. The Morgan fingerprint density at radius 2 is 1.19 bits per heavy atom. The largest absolute Gasteiger partial charge is 0.748 e. The van der Waals surface area contributed by atoms with Crippen LogP contribution in [0.1, 0.15) is 70.4 Å². The van der Waals surface area contributed by atoms with Crippen molar-refractivity contribution in [2.45, 2.75) is 89.7 Å². The first-order chi connectivity index (χ1) is 40.0. The summed E-state index contributed by atoms with van der Waals surface area (Å²) < 4.78 is 211. The number of imide groups is 1. The summed E-state index contributed by atoms with van der Waals surface area (Å²) in [5, 5.41) is 11.3. The number of allylic oxidation sites excluding steroid dienone is 5. The number of hydrogen-bond acceptors (Lipinski definition) is 26. The van der Waals surface area contributed by atoms with Gasteiger partial charge in [-0.25, -0.2) is 46.9 Å². The first kappa shape index (κ1) is 65.5. The lowest BCUT2D eigenvalue weighted by Gasteiger charge is -2.32. The van der Waals surface area contributed by atoms with Crippen LogP contribution in [0.5, 0.6) is 0 Å². The van der Waals surface area contributed by atoms with Gasteiger partial charge in [0.1, 0.15) is 52.8 Å². The Balaban J connectivity index is 1.27. The molecule has 28 nitrogen and oxygen atoms in total. The van der Waals surface area contributed by atoms with Gasteiger partial charge in [0.2, 0.25) is 11.5 Å². The third-order valence-electron chi connectivity index (χ3n) is 15.0. The van der Waals surface area contributed by atoms with Crippen LogP contribution >= 0.6 is 0 Å². The van der Waals surface area contributed by atoms with Crippen LogP contribution in [0.4, 0.5) is 11.4 Å². The zero-order chi connectivity index (χ0) is 63.3. The fourth-order valence-electron chi connectivity index (χ4n) is 11.1. The highest BCUT2D eigenvalue weighted by Gasteiger charge is 2.50. The minimum Gasteiger partial charge on any atom is -0.748 e. The van der Waals surface area contributed by atoms with Crippen molar-refractivity contribution < 1.29 is 117 Å². The van der Waals surface area contributed by atoms with Crippen LogP contribution in [0.2, 0.25) is 0 Å². The Morgan fingerprint density at radius 3 is 1.70 bits per heavy atom. The predicted molar refractivity (Wildman–Crippen MR) is 293 cm³/mol. The molecule has 2 amide bonds. The van der Waals surface area contributed by atoms with Gasteiger partial charge in [-0.05, 0) is 97.8 Å². The molecule has 1 N–H and O–H groups in total. The van der Waals surface area contributed by atoms with Crippen molar-refractivity contribution in [3.8, 4) is 0 Å². The molecule has 0 saturated carbocycles. The number of nitrogens with zero attached hydrogens (tertiary/aromatic N) is 3. The van der Waals surface area contributed by atoms with E-state index in [1.165, 1.54) is 59.9 Å². The van der Waals surface area contributed by atoms with E-state index in [4.69, 9.17) is 23.8 Å². The summed E-state index contributed by atoms with van der Waals surface area (Å²) in [6, 6.07) is 7.59. The quantitative estimate of drug-likeness (QED) is 0.0294. The molecule has 0 aromatic heterocycles. The Bertz CT molecular complexity index is 4230. The molecule has 1 unspecified atom stereocenters. The molecule has 86 heavy (non-hydrogen) atoms. The Hall–Kier alpha value is -6.44. The number of Topliss-reactive ketones (excluding diaryl/α,β-unsaturated/α-hetero) is 1. The van der Waals surface area contributed by atoms with Gasteiger partial charge in [-0.3, -0.25) is 14.4 Å². The molecule has 1 aliphatic carbocycles. The number of rotatable bonds is 27. The lowest BCUT2D eigenvalue weighted by molar-refractivity contribution is -0.438. The SMILES string of the molecule is COCCOCCOCCOCCN1/C(=C/C2=C(O)C(=CC3=[N+](CCCC(=O)ON4C(=O)CCC4=O)c4ccc5c(S(=O)(=O)[O-])cc(S(=O)(=O)[O-])cc5c4C3(C)C)C2=O)C(C)(CCCS(=O)(=O)[O-])c2c1ccc1c(S(=O)(=O)[O-])cc(S(=O)(=O)[O-])cc21. The number of carbonyl (C=O) groups excluding carboxylic acids is 4.